The molecule has 9 heteroatoms. The predicted octanol–water partition coefficient (Wildman–Crippen LogP) is 5.18. The molecular weight excluding hydrogens is 341 g/mol. The highest BCUT2D eigenvalue weighted by atomic mass is 19.4. The summed E-state index contributed by atoms with van der Waals surface area (Å²) in [4.78, 5) is 3.88. The Morgan fingerprint density at radius 1 is 0.875 bits per heavy atom. The molecule has 126 valence electrons. The number of fused-ring (bicyclic) bond motifs is 1. The molecular formula is C15H7F7N2. The summed E-state index contributed by atoms with van der Waals surface area (Å²) in [5.74, 6) is -1.47. The van der Waals surface area contributed by atoms with Crippen molar-refractivity contribution in [1.29, 1.82) is 0 Å². The Morgan fingerprint density at radius 2 is 1.58 bits per heavy atom. The third-order valence-corrected chi connectivity index (χ3v) is 3.35. The first-order valence-corrected chi connectivity index (χ1v) is 6.50. The Labute approximate surface area is 130 Å². The summed E-state index contributed by atoms with van der Waals surface area (Å²) >= 11 is 0. The van der Waals surface area contributed by atoms with Crippen molar-refractivity contribution in [2.75, 3.05) is 0 Å². The van der Waals surface area contributed by atoms with Crippen molar-refractivity contribution in [3.8, 4) is 11.3 Å². The van der Waals surface area contributed by atoms with Crippen LogP contribution in [0.1, 0.15) is 11.3 Å². The zero-order valence-corrected chi connectivity index (χ0v) is 11.6. The maximum atomic E-state index is 13.3. The molecule has 0 fully saturated rings. The molecule has 0 saturated carbocycles. The first-order chi connectivity index (χ1) is 11.1. The van der Waals surface area contributed by atoms with Gasteiger partial charge >= 0.3 is 12.4 Å². The van der Waals surface area contributed by atoms with Crippen molar-refractivity contribution in [1.82, 2.24) is 9.38 Å². The number of hydrogen-bond acceptors (Lipinski definition) is 1. The lowest BCUT2D eigenvalue weighted by molar-refractivity contribution is -0.142. The molecule has 0 spiro atoms. The number of benzene rings is 1. The third kappa shape index (κ3) is 2.81. The van der Waals surface area contributed by atoms with Crippen molar-refractivity contribution in [2.24, 2.45) is 0 Å². The lowest BCUT2D eigenvalue weighted by atomic mass is 10.1. The second kappa shape index (κ2) is 5.22. The molecule has 0 aliphatic rings. The maximum Gasteiger partial charge on any atom is 0.431 e. The number of rotatable bonds is 1. The van der Waals surface area contributed by atoms with Crippen LogP contribution in [-0.2, 0) is 12.4 Å². The second-order valence-electron chi connectivity index (χ2n) is 4.96. The van der Waals surface area contributed by atoms with Crippen molar-refractivity contribution in [3.05, 3.63) is 59.7 Å². The lowest BCUT2D eigenvalue weighted by Crippen LogP contribution is -2.10. The molecule has 2 heterocycles. The number of alkyl halides is 6. The van der Waals surface area contributed by atoms with Crippen LogP contribution in [0.15, 0.2) is 42.6 Å². The van der Waals surface area contributed by atoms with Gasteiger partial charge in [0.15, 0.2) is 0 Å². The fourth-order valence-corrected chi connectivity index (χ4v) is 2.28. The van der Waals surface area contributed by atoms with Gasteiger partial charge in [0.05, 0.1) is 11.3 Å². The van der Waals surface area contributed by atoms with Crippen LogP contribution in [-0.4, -0.2) is 9.38 Å². The van der Waals surface area contributed by atoms with Crippen LogP contribution < -0.4 is 0 Å². The number of nitrogens with zero attached hydrogens (tertiary/aromatic N) is 2. The Morgan fingerprint density at radius 3 is 2.21 bits per heavy atom. The molecule has 2 aromatic heterocycles. The molecule has 3 aromatic rings. The van der Waals surface area contributed by atoms with Gasteiger partial charge in [-0.25, -0.2) is 9.37 Å². The van der Waals surface area contributed by atoms with E-state index in [2.05, 4.69) is 4.98 Å². The Hall–Kier alpha value is -2.58. The van der Waals surface area contributed by atoms with Crippen LogP contribution in [0.3, 0.4) is 0 Å². The first-order valence-electron chi connectivity index (χ1n) is 6.50. The normalized spacial score (nSPS) is 12.8. The average molecular weight is 348 g/mol. The van der Waals surface area contributed by atoms with Crippen molar-refractivity contribution < 1.29 is 30.7 Å². The van der Waals surface area contributed by atoms with Crippen LogP contribution >= 0.6 is 0 Å². The van der Waals surface area contributed by atoms with Gasteiger partial charge in [-0.15, -0.1) is 0 Å². The van der Waals surface area contributed by atoms with Gasteiger partial charge in [0, 0.05) is 11.8 Å². The zero-order chi connectivity index (χ0) is 17.7. The number of aromatic nitrogens is 2. The van der Waals surface area contributed by atoms with E-state index in [0.717, 1.165) is 28.8 Å². The monoisotopic (exact) mass is 348 g/mol. The SMILES string of the molecule is Fc1ccc(-c2cn3c(C(F)(F)F)cccc3n2)cc1C(F)(F)F. The molecule has 0 atom stereocenters. The molecule has 3 rings (SSSR count). The zero-order valence-electron chi connectivity index (χ0n) is 11.6. The minimum Gasteiger partial charge on any atom is -0.295 e. The summed E-state index contributed by atoms with van der Waals surface area (Å²) < 4.78 is 91.2. The van der Waals surface area contributed by atoms with Crippen LogP contribution in [0.4, 0.5) is 30.7 Å². The lowest BCUT2D eigenvalue weighted by Gasteiger charge is -2.09. The molecule has 0 saturated heterocycles. The minimum atomic E-state index is -4.92. The molecule has 0 radical (unpaired) electrons. The second-order valence-corrected chi connectivity index (χ2v) is 4.96. The highest BCUT2D eigenvalue weighted by molar-refractivity contribution is 5.64. The highest BCUT2D eigenvalue weighted by Crippen LogP contribution is 2.35. The predicted molar refractivity (Wildman–Crippen MR) is 70.6 cm³/mol. The van der Waals surface area contributed by atoms with Crippen LogP contribution in [0.5, 0.6) is 0 Å². The molecule has 0 bridgehead atoms. The van der Waals surface area contributed by atoms with E-state index < -0.39 is 29.4 Å². The number of pyridine rings is 1. The summed E-state index contributed by atoms with van der Waals surface area (Å²) in [5, 5.41) is 0. The number of imidazole rings is 1. The summed E-state index contributed by atoms with van der Waals surface area (Å²) in [6.07, 6.45) is -8.61. The van der Waals surface area contributed by atoms with E-state index in [1.165, 1.54) is 6.07 Å². The summed E-state index contributed by atoms with van der Waals surface area (Å²) in [6, 6.07) is 5.40. The van der Waals surface area contributed by atoms with Gasteiger partial charge in [0.2, 0.25) is 0 Å². The largest absolute Gasteiger partial charge is 0.431 e. The molecule has 0 aliphatic carbocycles. The molecule has 0 aliphatic heterocycles. The van der Waals surface area contributed by atoms with Gasteiger partial charge in [-0.2, -0.15) is 26.3 Å². The van der Waals surface area contributed by atoms with E-state index in [9.17, 15) is 30.7 Å². The standard InChI is InChI=1S/C15H7F7N2/c16-10-5-4-8(6-9(10)14(17,18)19)11-7-24-12(15(20,21)22)2-1-3-13(24)23-11/h1-7H. The number of hydrogen-bond donors (Lipinski definition) is 0. The first kappa shape index (κ1) is 16.3. The van der Waals surface area contributed by atoms with E-state index in [-0.39, 0.29) is 16.9 Å². The van der Waals surface area contributed by atoms with Crippen LogP contribution in [0, 0.1) is 5.82 Å². The molecule has 0 amide bonds. The highest BCUT2D eigenvalue weighted by Gasteiger charge is 2.35. The average Bonchev–Trinajstić information content (AvgIpc) is 2.89. The molecule has 0 N–H and O–H groups in total. The molecule has 1 aromatic carbocycles. The van der Waals surface area contributed by atoms with Gasteiger partial charge < -0.3 is 0 Å². The van der Waals surface area contributed by atoms with Crippen molar-refractivity contribution >= 4 is 5.65 Å². The van der Waals surface area contributed by atoms with Gasteiger partial charge in [-0.3, -0.25) is 4.40 Å². The van der Waals surface area contributed by atoms with Gasteiger partial charge in [-0.1, -0.05) is 6.07 Å². The van der Waals surface area contributed by atoms with E-state index in [1.54, 1.807) is 0 Å². The summed E-state index contributed by atoms with van der Waals surface area (Å²) in [5.41, 5.74) is -2.87. The molecule has 24 heavy (non-hydrogen) atoms. The Bertz CT molecular complexity index is 906. The fourth-order valence-electron chi connectivity index (χ4n) is 2.28. The van der Waals surface area contributed by atoms with Crippen molar-refractivity contribution in [3.63, 3.8) is 0 Å². The van der Waals surface area contributed by atoms with Crippen LogP contribution in [0.2, 0.25) is 0 Å². The van der Waals surface area contributed by atoms with Gasteiger partial charge in [0.1, 0.15) is 17.2 Å². The summed E-state index contributed by atoms with van der Waals surface area (Å²) in [7, 11) is 0. The summed E-state index contributed by atoms with van der Waals surface area (Å²) in [6.45, 7) is 0. The van der Waals surface area contributed by atoms with E-state index in [4.69, 9.17) is 0 Å². The topological polar surface area (TPSA) is 17.3 Å². The maximum absolute atomic E-state index is 13.3. The van der Waals surface area contributed by atoms with Gasteiger partial charge in [0.25, 0.3) is 0 Å². The van der Waals surface area contributed by atoms with Crippen LogP contribution in [0.25, 0.3) is 16.9 Å². The number of halogens is 7. The smallest absolute Gasteiger partial charge is 0.295 e. The van der Waals surface area contributed by atoms with E-state index in [1.807, 2.05) is 0 Å². The minimum absolute atomic E-state index is 0.0855. The third-order valence-electron chi connectivity index (χ3n) is 3.35. The molecule has 0 unspecified atom stereocenters. The van der Waals surface area contributed by atoms with Gasteiger partial charge in [-0.05, 0) is 30.3 Å². The quantitative estimate of drug-likeness (QED) is 0.554. The Balaban J connectivity index is 2.18. The van der Waals surface area contributed by atoms with E-state index in [0.29, 0.717) is 12.1 Å². The Kier molecular flexibility index (Phi) is 3.54. The van der Waals surface area contributed by atoms with E-state index >= 15 is 0 Å². The van der Waals surface area contributed by atoms with Crippen molar-refractivity contribution in [2.45, 2.75) is 12.4 Å². The fraction of sp³-hybridized carbons (Fsp3) is 0.133. The molecule has 2 nitrogen and oxygen atoms in total.